The van der Waals surface area contributed by atoms with Gasteiger partial charge in [0, 0.05) is 29.0 Å². The molecule has 0 bridgehead atoms. The molecule has 0 aliphatic heterocycles. The number of pyridine rings is 2. The normalized spacial score (nSPS) is 10.6. The molecule has 4 aromatic rings. The fourth-order valence-corrected chi connectivity index (χ4v) is 3.73. The summed E-state index contributed by atoms with van der Waals surface area (Å²) in [4.78, 5) is 9.08. The lowest BCUT2D eigenvalue weighted by atomic mass is 9.95. The van der Waals surface area contributed by atoms with E-state index >= 15 is 0 Å². The van der Waals surface area contributed by atoms with Crippen LogP contribution in [0.5, 0.6) is 17.4 Å². The molecule has 0 radical (unpaired) electrons. The van der Waals surface area contributed by atoms with Gasteiger partial charge in [-0.05, 0) is 41.1 Å². The zero-order valence-electron chi connectivity index (χ0n) is 17.9. The Morgan fingerprint density at radius 2 is 1.58 bits per heavy atom. The van der Waals surface area contributed by atoms with Crippen molar-refractivity contribution in [1.29, 1.82) is 0 Å². The fourth-order valence-electron chi connectivity index (χ4n) is 3.73. The topological polar surface area (TPSA) is 64.5 Å². The monoisotopic (exact) mass is 460 g/mol. The molecule has 2 heterocycles. The van der Waals surface area contributed by atoms with E-state index in [1.807, 2.05) is 42.6 Å². The number of benzene rings is 2. The van der Waals surface area contributed by atoms with Crippen LogP contribution < -0.4 is 9.47 Å². The Hall–Kier alpha value is -2.76. The molecule has 5 nitrogen and oxygen atoms in total. The van der Waals surface area contributed by atoms with Gasteiger partial charge in [0.25, 0.3) is 0 Å². The highest BCUT2D eigenvalue weighted by atomic mass is 35.5. The van der Waals surface area contributed by atoms with Gasteiger partial charge in [-0.3, -0.25) is 4.98 Å². The second-order valence-electron chi connectivity index (χ2n) is 7.42. The number of aromatic hydroxyl groups is 1. The van der Waals surface area contributed by atoms with Crippen molar-refractivity contribution in [2.75, 3.05) is 14.2 Å². The second kappa shape index (κ2) is 10.0. The number of fused-ring (bicyclic) bond motifs is 2. The third-order valence-electron chi connectivity index (χ3n) is 5.20. The van der Waals surface area contributed by atoms with Gasteiger partial charge in [0.15, 0.2) is 11.5 Å². The molecule has 0 aliphatic rings. The first kappa shape index (κ1) is 24.5. The van der Waals surface area contributed by atoms with Crippen molar-refractivity contribution < 1.29 is 14.6 Å². The zero-order chi connectivity index (χ0) is 20.5. The van der Waals surface area contributed by atoms with Crippen LogP contribution in [0.2, 0.25) is 0 Å². The van der Waals surface area contributed by atoms with Gasteiger partial charge in [-0.1, -0.05) is 32.0 Å². The number of hydrogen-bond donors (Lipinski definition) is 1. The second-order valence-corrected chi connectivity index (χ2v) is 7.42. The minimum absolute atomic E-state index is 0. The van der Waals surface area contributed by atoms with Crippen LogP contribution in [0.1, 0.15) is 36.6 Å². The SMILES string of the molecule is COc1cc2c(C(C)C)nc(O)c(Cc3cnc4ccccc4c3)c2cc1OC.Cl.Cl. The van der Waals surface area contributed by atoms with Crippen LogP contribution in [-0.4, -0.2) is 29.3 Å². The maximum Gasteiger partial charge on any atom is 0.215 e. The van der Waals surface area contributed by atoms with Crippen molar-refractivity contribution in [3.05, 3.63) is 65.5 Å². The molecule has 4 rings (SSSR count). The lowest BCUT2D eigenvalue weighted by Crippen LogP contribution is -2.02. The zero-order valence-corrected chi connectivity index (χ0v) is 19.5. The Kier molecular flexibility index (Phi) is 7.93. The summed E-state index contributed by atoms with van der Waals surface area (Å²) in [5.41, 5.74) is 3.54. The van der Waals surface area contributed by atoms with E-state index in [0.717, 1.165) is 38.5 Å². The van der Waals surface area contributed by atoms with Crippen LogP contribution in [-0.2, 0) is 6.42 Å². The number of ether oxygens (including phenoxy) is 2. The minimum Gasteiger partial charge on any atom is -0.493 e. The first-order valence-corrected chi connectivity index (χ1v) is 9.63. The molecule has 0 aliphatic carbocycles. The van der Waals surface area contributed by atoms with Crippen molar-refractivity contribution in [1.82, 2.24) is 9.97 Å². The lowest BCUT2D eigenvalue weighted by Gasteiger charge is -2.17. The maximum absolute atomic E-state index is 10.8. The van der Waals surface area contributed by atoms with Gasteiger partial charge in [-0.2, -0.15) is 0 Å². The van der Waals surface area contributed by atoms with E-state index in [0.29, 0.717) is 17.9 Å². The number of rotatable bonds is 5. The first-order chi connectivity index (χ1) is 14.0. The molecule has 0 saturated carbocycles. The predicted octanol–water partition coefficient (Wildman–Crippen LogP) is 6.06. The van der Waals surface area contributed by atoms with E-state index in [1.165, 1.54) is 0 Å². The van der Waals surface area contributed by atoms with Gasteiger partial charge in [0.2, 0.25) is 5.88 Å². The van der Waals surface area contributed by atoms with E-state index in [1.54, 1.807) is 14.2 Å². The number of nitrogens with zero attached hydrogens (tertiary/aromatic N) is 2. The molecule has 164 valence electrons. The van der Waals surface area contributed by atoms with E-state index in [-0.39, 0.29) is 36.6 Å². The molecule has 0 unspecified atom stereocenters. The summed E-state index contributed by atoms with van der Waals surface area (Å²) in [6.45, 7) is 4.12. The van der Waals surface area contributed by atoms with Crippen LogP contribution in [0.3, 0.4) is 0 Å². The molecule has 1 N–H and O–H groups in total. The molecule has 31 heavy (non-hydrogen) atoms. The first-order valence-electron chi connectivity index (χ1n) is 9.63. The summed E-state index contributed by atoms with van der Waals surface area (Å²) in [6, 6.07) is 14.0. The molecule has 2 aromatic heterocycles. The Bertz CT molecular complexity index is 1210. The van der Waals surface area contributed by atoms with E-state index in [4.69, 9.17) is 9.47 Å². The third kappa shape index (κ3) is 4.63. The van der Waals surface area contributed by atoms with Crippen molar-refractivity contribution >= 4 is 46.5 Å². The highest BCUT2D eigenvalue weighted by Gasteiger charge is 2.19. The average molecular weight is 461 g/mol. The van der Waals surface area contributed by atoms with E-state index in [2.05, 4.69) is 29.9 Å². The van der Waals surface area contributed by atoms with E-state index < -0.39 is 0 Å². The third-order valence-corrected chi connectivity index (χ3v) is 5.20. The van der Waals surface area contributed by atoms with Crippen LogP contribution in [0.25, 0.3) is 21.7 Å². The van der Waals surface area contributed by atoms with Crippen LogP contribution in [0.4, 0.5) is 0 Å². The Morgan fingerprint density at radius 1 is 0.935 bits per heavy atom. The van der Waals surface area contributed by atoms with Crippen molar-refractivity contribution in [2.24, 2.45) is 0 Å². The predicted molar refractivity (Wildman–Crippen MR) is 130 cm³/mol. The number of hydrogen-bond acceptors (Lipinski definition) is 5. The smallest absolute Gasteiger partial charge is 0.215 e. The summed E-state index contributed by atoms with van der Waals surface area (Å²) in [5, 5.41) is 13.7. The number of para-hydroxylation sites is 1. The number of methoxy groups -OCH3 is 2. The van der Waals surface area contributed by atoms with Crippen molar-refractivity contribution in [3.8, 4) is 17.4 Å². The van der Waals surface area contributed by atoms with Gasteiger partial charge in [-0.15, -0.1) is 24.8 Å². The summed E-state index contributed by atoms with van der Waals surface area (Å²) in [5.74, 6) is 1.46. The average Bonchev–Trinajstić information content (AvgIpc) is 2.74. The highest BCUT2D eigenvalue weighted by Crippen LogP contribution is 2.39. The molecule has 0 amide bonds. The van der Waals surface area contributed by atoms with Crippen LogP contribution in [0, 0.1) is 0 Å². The molecule has 0 atom stereocenters. The fraction of sp³-hybridized carbons (Fsp3) is 0.250. The Morgan fingerprint density at radius 3 is 2.23 bits per heavy atom. The number of aromatic nitrogens is 2. The van der Waals surface area contributed by atoms with Gasteiger partial charge in [0.05, 0.1) is 25.4 Å². The summed E-state index contributed by atoms with van der Waals surface area (Å²) in [7, 11) is 3.23. The molecule has 0 fully saturated rings. The van der Waals surface area contributed by atoms with E-state index in [9.17, 15) is 5.11 Å². The lowest BCUT2D eigenvalue weighted by molar-refractivity contribution is 0.355. The summed E-state index contributed by atoms with van der Waals surface area (Å²) < 4.78 is 11.0. The van der Waals surface area contributed by atoms with Gasteiger partial charge >= 0.3 is 0 Å². The van der Waals surface area contributed by atoms with Gasteiger partial charge in [-0.25, -0.2) is 4.98 Å². The summed E-state index contributed by atoms with van der Waals surface area (Å²) in [6.07, 6.45) is 2.37. The number of halogens is 2. The molecular weight excluding hydrogens is 435 g/mol. The molecule has 0 saturated heterocycles. The quantitative estimate of drug-likeness (QED) is 0.391. The molecule has 0 spiro atoms. The Labute approximate surface area is 194 Å². The van der Waals surface area contributed by atoms with Gasteiger partial charge < -0.3 is 14.6 Å². The largest absolute Gasteiger partial charge is 0.493 e. The highest BCUT2D eigenvalue weighted by molar-refractivity contribution is 5.92. The molecular formula is C24H26Cl2N2O3. The molecule has 7 heteroatoms. The van der Waals surface area contributed by atoms with Gasteiger partial charge in [0.1, 0.15) is 0 Å². The Balaban J connectivity index is 0.00000171. The van der Waals surface area contributed by atoms with Crippen molar-refractivity contribution in [2.45, 2.75) is 26.2 Å². The molecule has 2 aromatic carbocycles. The van der Waals surface area contributed by atoms with Crippen molar-refractivity contribution in [3.63, 3.8) is 0 Å². The van der Waals surface area contributed by atoms with Crippen LogP contribution >= 0.6 is 24.8 Å². The summed E-state index contributed by atoms with van der Waals surface area (Å²) >= 11 is 0. The van der Waals surface area contributed by atoms with Crippen LogP contribution in [0.15, 0.2) is 48.7 Å². The standard InChI is InChI=1S/C24H24N2O3.2ClH/c1-14(2)23-18-12-22(29-4)21(28-3)11-17(18)19(24(27)26-23)10-15-9-16-7-5-6-8-20(16)25-13-15;;/h5-9,11-14H,10H2,1-4H3,(H,26,27);2*1H. The maximum atomic E-state index is 10.8. The minimum atomic E-state index is 0.